The molecular weight excluding hydrogens is 186 g/mol. The summed E-state index contributed by atoms with van der Waals surface area (Å²) in [4.78, 5) is 5.28. The van der Waals surface area contributed by atoms with E-state index in [0.717, 1.165) is 12.6 Å². The molecule has 3 heteroatoms. The molecule has 15 heavy (non-hydrogen) atoms. The van der Waals surface area contributed by atoms with E-state index in [4.69, 9.17) is 5.73 Å². The van der Waals surface area contributed by atoms with Crippen LogP contribution in [-0.4, -0.2) is 54.6 Å². The van der Waals surface area contributed by atoms with E-state index in [0.29, 0.717) is 6.04 Å². The second-order valence-corrected chi connectivity index (χ2v) is 4.98. The molecule has 2 saturated heterocycles. The van der Waals surface area contributed by atoms with Gasteiger partial charge in [0.25, 0.3) is 0 Å². The molecule has 0 radical (unpaired) electrons. The van der Waals surface area contributed by atoms with Crippen molar-refractivity contribution in [2.24, 2.45) is 5.73 Å². The van der Waals surface area contributed by atoms with Gasteiger partial charge in [0.15, 0.2) is 0 Å². The lowest BCUT2D eigenvalue weighted by Gasteiger charge is -2.27. The first kappa shape index (κ1) is 11.4. The van der Waals surface area contributed by atoms with Crippen molar-refractivity contribution >= 4 is 0 Å². The highest BCUT2D eigenvalue weighted by atomic mass is 15.3. The average molecular weight is 211 g/mol. The van der Waals surface area contributed by atoms with Crippen LogP contribution < -0.4 is 5.73 Å². The fourth-order valence-electron chi connectivity index (χ4n) is 3.08. The Hall–Kier alpha value is -0.120. The summed E-state index contributed by atoms with van der Waals surface area (Å²) in [6.07, 6.45) is 5.37. The molecule has 0 aromatic carbocycles. The predicted molar refractivity (Wildman–Crippen MR) is 63.9 cm³/mol. The third kappa shape index (κ3) is 2.52. The van der Waals surface area contributed by atoms with Crippen molar-refractivity contribution in [2.75, 3.05) is 32.7 Å². The summed E-state index contributed by atoms with van der Waals surface area (Å²) in [6, 6.07) is 1.45. The summed E-state index contributed by atoms with van der Waals surface area (Å²) in [5.74, 6) is 0. The number of nitrogens with two attached hydrogens (primary N) is 1. The summed E-state index contributed by atoms with van der Waals surface area (Å²) >= 11 is 0. The van der Waals surface area contributed by atoms with Crippen LogP contribution >= 0.6 is 0 Å². The molecule has 2 atom stereocenters. The molecule has 0 aromatic rings. The Bertz CT molecular complexity index is 177. The van der Waals surface area contributed by atoms with Gasteiger partial charge in [-0.1, -0.05) is 6.92 Å². The van der Waals surface area contributed by atoms with Crippen LogP contribution in [0.25, 0.3) is 0 Å². The molecule has 2 fully saturated rings. The van der Waals surface area contributed by atoms with E-state index in [1.165, 1.54) is 51.9 Å². The van der Waals surface area contributed by atoms with Gasteiger partial charge in [-0.2, -0.15) is 0 Å². The number of hydrogen-bond donors (Lipinski definition) is 1. The Labute approximate surface area is 93.6 Å². The van der Waals surface area contributed by atoms with Crippen molar-refractivity contribution in [3.8, 4) is 0 Å². The quantitative estimate of drug-likeness (QED) is 0.750. The highest BCUT2D eigenvalue weighted by Gasteiger charge is 2.31. The van der Waals surface area contributed by atoms with Crippen LogP contribution in [0.15, 0.2) is 0 Å². The zero-order valence-electron chi connectivity index (χ0n) is 9.99. The molecule has 0 spiro atoms. The summed E-state index contributed by atoms with van der Waals surface area (Å²) < 4.78 is 0. The van der Waals surface area contributed by atoms with Crippen molar-refractivity contribution in [1.29, 1.82) is 0 Å². The minimum absolute atomic E-state index is 0.623. The Balaban J connectivity index is 1.82. The highest BCUT2D eigenvalue weighted by Crippen LogP contribution is 2.22. The van der Waals surface area contributed by atoms with Gasteiger partial charge >= 0.3 is 0 Å². The Morgan fingerprint density at radius 3 is 2.60 bits per heavy atom. The molecule has 2 unspecified atom stereocenters. The van der Waals surface area contributed by atoms with Gasteiger partial charge in [0.2, 0.25) is 0 Å². The van der Waals surface area contributed by atoms with Crippen molar-refractivity contribution < 1.29 is 0 Å². The Morgan fingerprint density at radius 1 is 1.27 bits per heavy atom. The van der Waals surface area contributed by atoms with Crippen LogP contribution in [-0.2, 0) is 0 Å². The maximum absolute atomic E-state index is 5.81. The van der Waals surface area contributed by atoms with Crippen LogP contribution in [0, 0.1) is 0 Å². The summed E-state index contributed by atoms with van der Waals surface area (Å²) in [7, 11) is 0. The van der Waals surface area contributed by atoms with Crippen molar-refractivity contribution in [2.45, 2.75) is 44.7 Å². The second-order valence-electron chi connectivity index (χ2n) is 4.98. The molecule has 2 N–H and O–H groups in total. The van der Waals surface area contributed by atoms with E-state index in [1.54, 1.807) is 0 Å². The van der Waals surface area contributed by atoms with Gasteiger partial charge in [-0.25, -0.2) is 0 Å². The molecule has 0 aromatic heterocycles. The number of nitrogens with zero attached hydrogens (tertiary/aromatic N) is 2. The minimum Gasteiger partial charge on any atom is -0.329 e. The molecule has 88 valence electrons. The topological polar surface area (TPSA) is 32.5 Å². The van der Waals surface area contributed by atoms with Crippen LogP contribution in [0.1, 0.15) is 32.6 Å². The van der Waals surface area contributed by atoms with Crippen molar-refractivity contribution in [3.05, 3.63) is 0 Å². The fourth-order valence-corrected chi connectivity index (χ4v) is 3.08. The first-order valence-corrected chi connectivity index (χ1v) is 6.53. The minimum atomic E-state index is 0.623. The third-order valence-corrected chi connectivity index (χ3v) is 4.11. The van der Waals surface area contributed by atoms with Gasteiger partial charge < -0.3 is 5.73 Å². The Morgan fingerprint density at radius 2 is 2.00 bits per heavy atom. The number of hydrogen-bond acceptors (Lipinski definition) is 3. The first-order valence-electron chi connectivity index (χ1n) is 6.53. The lowest BCUT2D eigenvalue weighted by atomic mass is 10.2. The van der Waals surface area contributed by atoms with Crippen LogP contribution in [0.2, 0.25) is 0 Å². The highest BCUT2D eigenvalue weighted by molar-refractivity contribution is 4.88. The lowest BCUT2D eigenvalue weighted by Crippen LogP contribution is -2.41. The zero-order valence-corrected chi connectivity index (χ0v) is 9.99. The van der Waals surface area contributed by atoms with E-state index >= 15 is 0 Å². The molecule has 2 aliphatic heterocycles. The van der Waals surface area contributed by atoms with Gasteiger partial charge in [0.1, 0.15) is 0 Å². The smallest absolute Gasteiger partial charge is 0.0235 e. The number of rotatable bonds is 4. The molecule has 3 nitrogen and oxygen atoms in total. The summed E-state index contributed by atoms with van der Waals surface area (Å²) in [5.41, 5.74) is 5.81. The third-order valence-electron chi connectivity index (χ3n) is 4.11. The lowest BCUT2D eigenvalue weighted by molar-refractivity contribution is 0.199. The molecule has 0 aliphatic carbocycles. The average Bonchev–Trinajstić information content (AvgIpc) is 2.89. The first-order chi connectivity index (χ1) is 7.35. The normalized spacial score (nSPS) is 31.2. The maximum Gasteiger partial charge on any atom is 0.0235 e. The van der Waals surface area contributed by atoms with Gasteiger partial charge in [-0.3, -0.25) is 9.80 Å². The van der Waals surface area contributed by atoms with Gasteiger partial charge in [0, 0.05) is 31.7 Å². The van der Waals surface area contributed by atoms with E-state index in [9.17, 15) is 0 Å². The van der Waals surface area contributed by atoms with E-state index < -0.39 is 0 Å². The molecule has 0 saturated carbocycles. The van der Waals surface area contributed by atoms with Gasteiger partial charge in [0.05, 0.1) is 0 Å². The van der Waals surface area contributed by atoms with Crippen molar-refractivity contribution in [3.63, 3.8) is 0 Å². The van der Waals surface area contributed by atoms with E-state index in [2.05, 4.69) is 16.7 Å². The van der Waals surface area contributed by atoms with Crippen LogP contribution in [0.3, 0.4) is 0 Å². The predicted octanol–water partition coefficient (Wildman–Crippen LogP) is 0.894. The number of likely N-dealkylation sites (tertiary alicyclic amines) is 2. The molecule has 0 amide bonds. The van der Waals surface area contributed by atoms with Crippen molar-refractivity contribution in [1.82, 2.24) is 9.80 Å². The second kappa shape index (κ2) is 5.28. The largest absolute Gasteiger partial charge is 0.329 e. The molecular formula is C12H25N3. The molecule has 0 bridgehead atoms. The van der Waals surface area contributed by atoms with E-state index in [-0.39, 0.29) is 0 Å². The zero-order chi connectivity index (χ0) is 10.7. The van der Waals surface area contributed by atoms with Gasteiger partial charge in [-0.05, 0) is 38.8 Å². The van der Waals surface area contributed by atoms with Crippen LogP contribution in [0.5, 0.6) is 0 Å². The standard InChI is InChI=1S/C12H25N3/c1-2-11(9-13)15-8-5-12(10-15)14-6-3-4-7-14/h11-12H,2-10,13H2,1H3. The molecule has 2 heterocycles. The summed E-state index contributed by atoms with van der Waals surface area (Å²) in [6.45, 7) is 8.26. The monoisotopic (exact) mass is 211 g/mol. The summed E-state index contributed by atoms with van der Waals surface area (Å²) in [5, 5.41) is 0. The fraction of sp³-hybridized carbons (Fsp3) is 1.00. The molecule has 2 aliphatic rings. The maximum atomic E-state index is 5.81. The Kier molecular flexibility index (Phi) is 4.00. The van der Waals surface area contributed by atoms with Crippen LogP contribution in [0.4, 0.5) is 0 Å². The SMILES string of the molecule is CCC(CN)N1CCC(N2CCCC2)C1. The van der Waals surface area contributed by atoms with E-state index in [1.807, 2.05) is 0 Å². The molecule has 2 rings (SSSR count). The van der Waals surface area contributed by atoms with Gasteiger partial charge in [-0.15, -0.1) is 0 Å².